The van der Waals surface area contributed by atoms with Crippen molar-refractivity contribution in [3.8, 4) is 23.0 Å². The molecule has 12 nitrogen and oxygen atoms in total. The highest BCUT2D eigenvalue weighted by Gasteiger charge is 2.37. The van der Waals surface area contributed by atoms with Crippen LogP contribution in [0.5, 0.6) is 23.0 Å². The highest BCUT2D eigenvalue weighted by atomic mass is 79.9. The molecular weight excluding hydrogens is 920 g/mol. The topological polar surface area (TPSA) is 160 Å². The van der Waals surface area contributed by atoms with Gasteiger partial charge in [0, 0.05) is 75.5 Å². The Bertz CT molecular complexity index is 1270. The van der Waals surface area contributed by atoms with Gasteiger partial charge in [-0.2, -0.15) is 0 Å². The van der Waals surface area contributed by atoms with E-state index >= 15 is 0 Å². The smallest absolute Gasteiger partial charge is 0.191 e. The summed E-state index contributed by atoms with van der Waals surface area (Å²) in [6.45, 7) is 26.7. The van der Waals surface area contributed by atoms with Crippen molar-refractivity contribution in [3.05, 3.63) is 36.4 Å². The zero-order chi connectivity index (χ0) is 46.0. The van der Waals surface area contributed by atoms with Crippen molar-refractivity contribution in [2.75, 3.05) is 102 Å². The fraction of sp³-hybridized carbons (Fsp3) is 0.721. The zero-order valence-electron chi connectivity index (χ0n) is 39.1. The number of benzene rings is 2. The van der Waals surface area contributed by atoms with Gasteiger partial charge in [0.05, 0.1) is 39.8 Å². The molecule has 0 saturated carbocycles. The third kappa shape index (κ3) is 30.1. The van der Waals surface area contributed by atoms with Gasteiger partial charge in [0.15, 0.2) is 16.6 Å². The van der Waals surface area contributed by atoms with Gasteiger partial charge in [0.25, 0.3) is 0 Å². The van der Waals surface area contributed by atoms with E-state index in [9.17, 15) is 0 Å². The van der Waals surface area contributed by atoms with Crippen molar-refractivity contribution in [1.29, 1.82) is 0 Å². The number of hydrogen-bond donors (Lipinski definition) is 6. The van der Waals surface area contributed by atoms with Gasteiger partial charge in [-0.15, -0.1) is 0 Å². The van der Waals surface area contributed by atoms with E-state index in [1.807, 2.05) is 36.4 Å². The van der Waals surface area contributed by atoms with E-state index < -0.39 is 16.6 Å². The largest absolute Gasteiger partial charge is 0.497 e. The number of rotatable bonds is 22. The Morgan fingerprint density at radius 2 is 0.864 bits per heavy atom. The molecule has 16 heteroatoms. The number of aliphatic hydroxyl groups excluding tert-OH is 4. The molecule has 0 radical (unpaired) electrons. The molecule has 2 aromatic rings. The van der Waals surface area contributed by atoms with E-state index in [-0.39, 0.29) is 24.9 Å². The van der Waals surface area contributed by atoms with Crippen LogP contribution in [0.2, 0.25) is 36.3 Å². The highest BCUT2D eigenvalue weighted by Crippen LogP contribution is 2.37. The molecule has 0 bridgehead atoms. The lowest BCUT2D eigenvalue weighted by Crippen LogP contribution is -2.41. The second-order valence-corrected chi connectivity index (χ2v) is 27.4. The molecule has 0 amide bonds. The lowest BCUT2D eigenvalue weighted by molar-refractivity contribution is 0.221. The van der Waals surface area contributed by atoms with Gasteiger partial charge in [-0.05, 0) is 92.6 Å². The first-order valence-corrected chi connectivity index (χ1v) is 28.5. The van der Waals surface area contributed by atoms with Crippen LogP contribution in [-0.2, 0) is 8.85 Å². The van der Waals surface area contributed by atoms with Crippen molar-refractivity contribution in [2.45, 2.75) is 110 Å². The van der Waals surface area contributed by atoms with E-state index in [1.165, 1.54) is 0 Å². The maximum Gasteiger partial charge on any atom is 0.191 e. The number of anilines is 2. The quantitative estimate of drug-likeness (QED) is 0.0377. The second kappa shape index (κ2) is 35.9. The van der Waals surface area contributed by atoms with Gasteiger partial charge in [-0.1, -0.05) is 73.4 Å². The Hall–Kier alpha value is -1.61. The fourth-order valence-electron chi connectivity index (χ4n) is 3.77. The third-order valence-electron chi connectivity index (χ3n) is 9.52. The molecular formula is C43H84Br2N2O10Si2. The summed E-state index contributed by atoms with van der Waals surface area (Å²) in [6, 6.07) is 11.3. The minimum Gasteiger partial charge on any atom is -0.497 e. The second-order valence-electron chi connectivity index (χ2n) is 16.2. The minimum atomic E-state index is -1.64. The van der Waals surface area contributed by atoms with Crippen LogP contribution < -0.4 is 29.6 Å². The van der Waals surface area contributed by atoms with Crippen LogP contribution in [0.25, 0.3) is 0 Å². The first-order valence-electron chi connectivity index (χ1n) is 20.4. The average molecular weight is 1010 g/mol. The number of hydrogen-bond acceptors (Lipinski definition) is 12. The van der Waals surface area contributed by atoms with Crippen LogP contribution in [0.15, 0.2) is 36.4 Å². The number of halogens is 2. The maximum atomic E-state index is 8.68. The van der Waals surface area contributed by atoms with E-state index in [2.05, 4.69) is 110 Å². The van der Waals surface area contributed by atoms with Crippen molar-refractivity contribution in [2.24, 2.45) is 0 Å². The summed E-state index contributed by atoms with van der Waals surface area (Å²) in [6.07, 6.45) is 4.15. The molecule has 0 aliphatic rings. The summed E-state index contributed by atoms with van der Waals surface area (Å²) in [5.74, 6) is 3.20. The Balaban J connectivity index is -0.000000738. The third-order valence-corrected chi connectivity index (χ3v) is 19.7. The molecule has 6 N–H and O–H groups in total. The van der Waals surface area contributed by atoms with Crippen LogP contribution in [-0.4, -0.2) is 129 Å². The molecule has 0 saturated heterocycles. The molecule has 59 heavy (non-hydrogen) atoms. The van der Waals surface area contributed by atoms with Crippen LogP contribution in [0.1, 0.15) is 73.6 Å². The van der Waals surface area contributed by atoms with Crippen molar-refractivity contribution in [1.82, 2.24) is 0 Å². The van der Waals surface area contributed by atoms with Gasteiger partial charge in [-0.3, -0.25) is 0 Å². The Morgan fingerprint density at radius 1 is 0.508 bits per heavy atom. The van der Waals surface area contributed by atoms with Crippen LogP contribution in [0.3, 0.4) is 0 Å². The first kappa shape index (κ1) is 61.7. The molecule has 0 unspecified atom stereocenters. The molecule has 348 valence electrons. The van der Waals surface area contributed by atoms with E-state index in [0.29, 0.717) is 31.0 Å². The monoisotopic (exact) mass is 1000 g/mol. The van der Waals surface area contributed by atoms with Crippen LogP contribution >= 0.6 is 31.9 Å². The van der Waals surface area contributed by atoms with E-state index in [0.717, 1.165) is 84.1 Å². The van der Waals surface area contributed by atoms with Crippen LogP contribution in [0.4, 0.5) is 11.4 Å². The fourth-order valence-corrected chi connectivity index (χ4v) is 6.43. The van der Waals surface area contributed by atoms with Crippen LogP contribution in [0, 0.1) is 0 Å². The number of methoxy groups -OCH3 is 4. The van der Waals surface area contributed by atoms with Gasteiger partial charge >= 0.3 is 0 Å². The molecule has 0 atom stereocenters. The number of ether oxygens (including phenoxy) is 4. The van der Waals surface area contributed by atoms with Crippen molar-refractivity contribution >= 4 is 59.9 Å². The molecule has 0 aliphatic carbocycles. The lowest BCUT2D eigenvalue weighted by atomic mass is 10.2. The summed E-state index contributed by atoms with van der Waals surface area (Å²) >= 11 is 6.55. The molecule has 0 fully saturated rings. The number of alkyl halides is 2. The molecule has 0 aromatic heterocycles. The standard InChI is InChI=1S/C17H31NO3Si.C11H17NO3.C9H21BrOSi.C3H7BrO.C3H8O2/c1-17(2,3)22(6,7)21-12-8-11-18-15-13-14(19-4)9-10-16(15)20-5;1-14-9-4-5-11(15-2)10(8-9)12-6-3-7-13;1-9(2,3)12(4,5)11-8-6-7-10;2*4-2-1-3-5/h9-10,13,18H,8,11-12H2,1-7H3;4-5,8,12-13H,3,6-7H2,1-2H3;6-8H2,1-5H3;5H,1-3H2;4-5H,1-3H2. The maximum absolute atomic E-state index is 8.68. The highest BCUT2D eigenvalue weighted by molar-refractivity contribution is 9.09. The predicted octanol–water partition coefficient (Wildman–Crippen LogP) is 9.94. The summed E-state index contributed by atoms with van der Waals surface area (Å²) in [7, 11) is 3.49. The molecule has 0 heterocycles. The van der Waals surface area contributed by atoms with Gasteiger partial charge in [0.2, 0.25) is 0 Å². The van der Waals surface area contributed by atoms with Crippen molar-refractivity contribution in [3.63, 3.8) is 0 Å². The normalized spacial score (nSPS) is 11.2. The van der Waals surface area contributed by atoms with Crippen molar-refractivity contribution < 1.29 is 48.2 Å². The molecule has 2 aromatic carbocycles. The molecule has 2 rings (SSSR count). The summed E-state index contributed by atoms with van der Waals surface area (Å²) in [5, 5.41) is 41.6. The summed E-state index contributed by atoms with van der Waals surface area (Å²) in [4.78, 5) is 0. The molecule has 0 spiro atoms. The Kier molecular flexibility index (Phi) is 37.6. The number of nitrogens with one attached hydrogen (secondary N) is 2. The first-order chi connectivity index (χ1) is 27.7. The van der Waals surface area contributed by atoms with E-state index in [1.54, 1.807) is 28.4 Å². The average Bonchev–Trinajstić information content (AvgIpc) is 3.18. The molecule has 0 aliphatic heterocycles. The van der Waals surface area contributed by atoms with Gasteiger partial charge < -0.3 is 58.9 Å². The Labute approximate surface area is 378 Å². The van der Waals surface area contributed by atoms with Gasteiger partial charge in [-0.25, -0.2) is 0 Å². The SMILES string of the molecule is CC(C)(C)[Si](C)(C)OCCCBr.COc1ccc(OC)c(NCCCO)c1.COc1ccc(OC)c(NCCCO[Si](C)(C)C(C)(C)C)c1.OCCCBr.OCCCO. The lowest BCUT2D eigenvalue weighted by Gasteiger charge is -2.36. The summed E-state index contributed by atoms with van der Waals surface area (Å²) in [5.41, 5.74) is 1.83. The van der Waals surface area contributed by atoms with Gasteiger partial charge in [0.1, 0.15) is 23.0 Å². The zero-order valence-corrected chi connectivity index (χ0v) is 44.2. The summed E-state index contributed by atoms with van der Waals surface area (Å²) < 4.78 is 33.0. The Morgan fingerprint density at radius 3 is 1.14 bits per heavy atom. The number of aliphatic hydroxyl groups is 4. The van der Waals surface area contributed by atoms with E-state index in [4.69, 9.17) is 48.2 Å². The predicted molar refractivity (Wildman–Crippen MR) is 261 cm³/mol. The minimum absolute atomic E-state index is 0.0938.